The Bertz CT molecular complexity index is 1970. The van der Waals surface area contributed by atoms with Crippen LogP contribution in [0.1, 0.15) is 49.1 Å². The first kappa shape index (κ1) is 46.7. The fraction of sp³-hybridized carbons (Fsp3) is 0.386. The number of amides is 5. The third-order valence-electron chi connectivity index (χ3n) is 9.65. The van der Waals surface area contributed by atoms with Gasteiger partial charge < -0.3 is 42.4 Å². The van der Waals surface area contributed by atoms with Crippen LogP contribution in [0.4, 0.5) is 0 Å². The number of imidazole rings is 1. The van der Waals surface area contributed by atoms with Gasteiger partial charge in [0.25, 0.3) is 0 Å². The molecular formula is C44H56N8O7S. The summed E-state index contributed by atoms with van der Waals surface area (Å²) in [7, 11) is 0. The number of H-pyrrole nitrogens is 1. The molecule has 0 aliphatic heterocycles. The Morgan fingerprint density at radius 1 is 0.617 bits per heavy atom. The number of carboxylic acid groups (broad SMARTS) is 1. The predicted molar refractivity (Wildman–Crippen MR) is 230 cm³/mol. The van der Waals surface area contributed by atoms with Crippen molar-refractivity contribution in [3.63, 3.8) is 0 Å². The van der Waals surface area contributed by atoms with E-state index in [1.165, 1.54) is 12.5 Å². The molecule has 60 heavy (non-hydrogen) atoms. The van der Waals surface area contributed by atoms with E-state index in [4.69, 9.17) is 5.73 Å². The first-order valence-corrected chi connectivity index (χ1v) is 21.3. The number of aromatic nitrogens is 2. The molecule has 0 spiro atoms. The molecule has 0 aliphatic carbocycles. The number of carbonyl (C=O) groups is 6. The van der Waals surface area contributed by atoms with Crippen molar-refractivity contribution in [1.29, 1.82) is 0 Å². The summed E-state index contributed by atoms with van der Waals surface area (Å²) in [6.45, 7) is 3.82. The molecule has 16 heteroatoms. The van der Waals surface area contributed by atoms with Crippen molar-refractivity contribution in [3.05, 3.63) is 126 Å². The molecule has 4 aromatic rings. The SMILES string of the molecule is CSCC[C@H](N)C(=O)N[C@@H](CC(C)C)C(=O)N[C@@H](Cc1ccccc1)C(=O)N[C@@H](Cc1ccccc1)C(=O)N[C@@H](Cc1cnc[nH]1)C(=O)N[C@@H](Cc1ccccc1)C(=O)O. The maximum atomic E-state index is 14.4. The number of aliphatic carboxylic acids is 1. The van der Waals surface area contributed by atoms with Gasteiger partial charge in [0.1, 0.15) is 30.2 Å². The maximum absolute atomic E-state index is 14.4. The molecule has 9 N–H and O–H groups in total. The predicted octanol–water partition coefficient (Wildman–Crippen LogP) is 2.32. The minimum Gasteiger partial charge on any atom is -0.480 e. The van der Waals surface area contributed by atoms with Gasteiger partial charge in [0.2, 0.25) is 29.5 Å². The Morgan fingerprint density at radius 2 is 1.02 bits per heavy atom. The summed E-state index contributed by atoms with van der Waals surface area (Å²) in [5.74, 6) is -3.82. The summed E-state index contributed by atoms with van der Waals surface area (Å²) in [6, 6.07) is 20.0. The van der Waals surface area contributed by atoms with Gasteiger partial charge in [-0.3, -0.25) is 24.0 Å². The van der Waals surface area contributed by atoms with E-state index in [0.717, 1.165) is 5.56 Å². The Morgan fingerprint density at radius 3 is 1.42 bits per heavy atom. The lowest BCUT2D eigenvalue weighted by atomic mass is 9.99. The van der Waals surface area contributed by atoms with Gasteiger partial charge in [0, 0.05) is 37.6 Å². The zero-order valence-corrected chi connectivity index (χ0v) is 35.0. The van der Waals surface area contributed by atoms with Crippen LogP contribution in [0, 0.1) is 5.92 Å². The molecule has 0 radical (unpaired) electrons. The van der Waals surface area contributed by atoms with Gasteiger partial charge in [0.05, 0.1) is 12.4 Å². The van der Waals surface area contributed by atoms with Gasteiger partial charge in [-0.2, -0.15) is 11.8 Å². The molecule has 0 aliphatic rings. The van der Waals surface area contributed by atoms with E-state index in [1.54, 1.807) is 90.6 Å². The van der Waals surface area contributed by atoms with Crippen molar-refractivity contribution >= 4 is 47.3 Å². The van der Waals surface area contributed by atoms with Crippen LogP contribution in [-0.4, -0.2) is 98.8 Å². The van der Waals surface area contributed by atoms with E-state index < -0.39 is 71.8 Å². The number of nitrogens with one attached hydrogen (secondary N) is 6. The van der Waals surface area contributed by atoms with Crippen LogP contribution in [0.2, 0.25) is 0 Å². The molecule has 3 aromatic carbocycles. The van der Waals surface area contributed by atoms with Crippen molar-refractivity contribution in [1.82, 2.24) is 36.6 Å². The van der Waals surface area contributed by atoms with Gasteiger partial charge in [-0.15, -0.1) is 0 Å². The van der Waals surface area contributed by atoms with E-state index >= 15 is 0 Å². The molecule has 6 atom stereocenters. The first-order valence-electron chi connectivity index (χ1n) is 19.9. The zero-order valence-electron chi connectivity index (χ0n) is 34.1. The Hall–Kier alpha value is -6.00. The van der Waals surface area contributed by atoms with Crippen LogP contribution >= 0.6 is 11.8 Å². The van der Waals surface area contributed by atoms with Crippen molar-refractivity contribution in [3.8, 4) is 0 Å². The van der Waals surface area contributed by atoms with Crippen molar-refractivity contribution in [2.24, 2.45) is 11.7 Å². The largest absolute Gasteiger partial charge is 0.480 e. The molecule has 0 bridgehead atoms. The van der Waals surface area contributed by atoms with Gasteiger partial charge in [-0.25, -0.2) is 9.78 Å². The van der Waals surface area contributed by atoms with E-state index in [0.29, 0.717) is 29.0 Å². The van der Waals surface area contributed by atoms with Crippen molar-refractivity contribution < 1.29 is 33.9 Å². The molecule has 320 valence electrons. The van der Waals surface area contributed by atoms with E-state index in [9.17, 15) is 33.9 Å². The number of hydrogen-bond donors (Lipinski definition) is 8. The standard InChI is InChI=1S/C44H56N8O7S/c1-28(2)21-34(48-39(53)33(45)19-20-60-3)40(54)49-35(22-29-13-7-4-8-14-29)41(55)50-36(23-30-15-9-5-10-16-30)42(56)51-37(25-32-26-46-27-47-32)43(57)52-38(44(58)59)24-31-17-11-6-12-18-31/h4-18,26-28,33-38H,19-25,45H2,1-3H3,(H,46,47)(H,48,53)(H,49,54)(H,50,55)(H,51,56)(H,52,57)(H,58,59)/t33-,34-,35-,36-,37-,38-/m0/s1. The molecule has 0 unspecified atom stereocenters. The van der Waals surface area contributed by atoms with Gasteiger partial charge in [0.15, 0.2) is 0 Å². The summed E-state index contributed by atoms with van der Waals surface area (Å²) < 4.78 is 0. The third kappa shape index (κ3) is 15.6. The van der Waals surface area contributed by atoms with Gasteiger partial charge >= 0.3 is 5.97 Å². The maximum Gasteiger partial charge on any atom is 0.326 e. The van der Waals surface area contributed by atoms with Gasteiger partial charge in [-0.1, -0.05) is 105 Å². The van der Waals surface area contributed by atoms with Crippen LogP contribution in [0.15, 0.2) is 104 Å². The van der Waals surface area contributed by atoms with E-state index in [1.807, 2.05) is 32.2 Å². The fourth-order valence-corrected chi connectivity index (χ4v) is 6.93. The highest BCUT2D eigenvalue weighted by atomic mass is 32.2. The smallest absolute Gasteiger partial charge is 0.326 e. The second-order valence-corrected chi connectivity index (χ2v) is 16.0. The Labute approximate surface area is 354 Å². The molecule has 1 heterocycles. The lowest BCUT2D eigenvalue weighted by Gasteiger charge is -2.28. The number of carboxylic acids is 1. The van der Waals surface area contributed by atoms with Crippen molar-refractivity contribution in [2.45, 2.75) is 88.6 Å². The summed E-state index contributed by atoms with van der Waals surface area (Å²) in [6.07, 6.45) is 5.50. The van der Waals surface area contributed by atoms with Crippen LogP contribution in [0.3, 0.4) is 0 Å². The molecule has 0 saturated carbocycles. The fourth-order valence-electron chi connectivity index (χ4n) is 6.44. The summed E-state index contributed by atoms with van der Waals surface area (Å²) in [4.78, 5) is 88.8. The first-order chi connectivity index (χ1) is 28.8. The lowest BCUT2D eigenvalue weighted by molar-refractivity contribution is -0.142. The number of aromatic amines is 1. The number of rotatable bonds is 24. The highest BCUT2D eigenvalue weighted by molar-refractivity contribution is 7.98. The quantitative estimate of drug-likeness (QED) is 0.0513. The minimum atomic E-state index is -1.31. The second-order valence-electron chi connectivity index (χ2n) is 15.0. The Balaban J connectivity index is 1.61. The van der Waals surface area contributed by atoms with E-state index in [-0.39, 0.29) is 38.0 Å². The average molecular weight is 841 g/mol. The van der Waals surface area contributed by atoms with Crippen LogP contribution < -0.4 is 32.3 Å². The number of nitrogens with zero attached hydrogens (tertiary/aromatic N) is 1. The highest BCUT2D eigenvalue weighted by Crippen LogP contribution is 2.12. The topological polar surface area (TPSA) is 237 Å². The highest BCUT2D eigenvalue weighted by Gasteiger charge is 2.34. The third-order valence-corrected chi connectivity index (χ3v) is 10.3. The number of hydrogen-bond acceptors (Lipinski definition) is 9. The van der Waals surface area contributed by atoms with Crippen molar-refractivity contribution in [2.75, 3.05) is 12.0 Å². The molecule has 15 nitrogen and oxygen atoms in total. The average Bonchev–Trinajstić information content (AvgIpc) is 3.75. The summed E-state index contributed by atoms with van der Waals surface area (Å²) in [5.41, 5.74) is 8.73. The molecule has 4 rings (SSSR count). The zero-order chi connectivity index (χ0) is 43.4. The number of carbonyl (C=O) groups excluding carboxylic acids is 5. The molecule has 0 fully saturated rings. The van der Waals surface area contributed by atoms with Crippen LogP contribution in [0.5, 0.6) is 0 Å². The van der Waals surface area contributed by atoms with Gasteiger partial charge in [-0.05, 0) is 47.5 Å². The second kappa shape index (κ2) is 24.2. The monoisotopic (exact) mass is 840 g/mol. The number of nitrogens with two attached hydrogens (primary N) is 1. The number of benzene rings is 3. The normalized spacial score (nSPS) is 14.1. The summed E-state index contributed by atoms with van der Waals surface area (Å²) in [5, 5.41) is 23.8. The van der Waals surface area contributed by atoms with Crippen LogP contribution in [0.25, 0.3) is 0 Å². The molecule has 5 amide bonds. The van der Waals surface area contributed by atoms with E-state index in [2.05, 4.69) is 36.6 Å². The molecular weight excluding hydrogens is 785 g/mol. The lowest BCUT2D eigenvalue weighted by Crippen LogP contribution is -2.60. The number of thioether (sulfide) groups is 1. The molecule has 0 saturated heterocycles. The summed E-state index contributed by atoms with van der Waals surface area (Å²) >= 11 is 1.55. The molecule has 1 aromatic heterocycles. The Kier molecular flexibility index (Phi) is 18.8. The minimum absolute atomic E-state index is 0.000147. The van der Waals surface area contributed by atoms with Crippen LogP contribution in [-0.2, 0) is 54.5 Å².